The van der Waals surface area contributed by atoms with Gasteiger partial charge in [0.1, 0.15) is 17.2 Å². The summed E-state index contributed by atoms with van der Waals surface area (Å²) in [5.41, 5.74) is 7.25. The van der Waals surface area contributed by atoms with Crippen molar-refractivity contribution in [3.63, 3.8) is 0 Å². The Balaban J connectivity index is 1.84. The van der Waals surface area contributed by atoms with Crippen molar-refractivity contribution >= 4 is 45.5 Å². The average molecular weight is 459 g/mol. The van der Waals surface area contributed by atoms with E-state index in [1.54, 1.807) is 30.5 Å². The molecule has 0 atom stereocenters. The van der Waals surface area contributed by atoms with Gasteiger partial charge in [-0.2, -0.15) is 0 Å². The second-order valence-corrected chi connectivity index (χ2v) is 7.98. The van der Waals surface area contributed by atoms with Gasteiger partial charge in [0.25, 0.3) is 5.91 Å². The van der Waals surface area contributed by atoms with Gasteiger partial charge in [-0.25, -0.2) is 0 Å². The fourth-order valence-electron chi connectivity index (χ4n) is 3.20. The first-order valence-corrected chi connectivity index (χ1v) is 10.6. The fourth-order valence-corrected chi connectivity index (χ4v) is 3.73. The predicted molar refractivity (Wildman–Crippen MR) is 126 cm³/mol. The minimum Gasteiger partial charge on any atom is -0.496 e. The molecule has 3 aromatic rings. The van der Waals surface area contributed by atoms with Crippen LogP contribution in [0, 0.1) is 0 Å². The molecule has 0 radical (unpaired) electrons. The number of aliphatic hydroxyl groups excluding tert-OH is 1. The molecule has 6 nitrogen and oxygen atoms in total. The zero-order chi connectivity index (χ0) is 22.4. The number of aliphatic hydroxyl groups is 1. The first kappa shape index (κ1) is 22.9. The average Bonchev–Trinajstić information content (AvgIpc) is 2.75. The number of primary amides is 1. The normalized spacial score (nSPS) is 10.8. The number of rotatable bonds is 10. The van der Waals surface area contributed by atoms with E-state index in [0.29, 0.717) is 39.6 Å². The third kappa shape index (κ3) is 5.70. The van der Waals surface area contributed by atoms with Crippen LogP contribution in [0.15, 0.2) is 42.6 Å². The summed E-state index contributed by atoms with van der Waals surface area (Å²) in [5, 5.41) is 10.1. The van der Waals surface area contributed by atoms with Gasteiger partial charge in [0.2, 0.25) is 0 Å². The molecular formula is C23H23ClN2O4S. The monoisotopic (exact) mass is 458 g/mol. The van der Waals surface area contributed by atoms with Crippen molar-refractivity contribution in [1.82, 2.24) is 4.98 Å². The van der Waals surface area contributed by atoms with Gasteiger partial charge in [-0.15, -0.1) is 0 Å². The summed E-state index contributed by atoms with van der Waals surface area (Å²) in [5.74, 6) is 0.810. The Hall–Kier alpha value is -2.74. The summed E-state index contributed by atoms with van der Waals surface area (Å²) < 4.78 is 11.3. The lowest BCUT2D eigenvalue weighted by atomic mass is 10.1. The van der Waals surface area contributed by atoms with Crippen molar-refractivity contribution in [2.45, 2.75) is 25.7 Å². The largest absolute Gasteiger partial charge is 0.496 e. The molecule has 1 heterocycles. The van der Waals surface area contributed by atoms with Crippen LogP contribution < -0.4 is 15.2 Å². The minimum absolute atomic E-state index is 0.173. The van der Waals surface area contributed by atoms with E-state index in [1.165, 1.54) is 7.11 Å². The Bertz CT molecular complexity index is 1120. The number of hydrogen-bond acceptors (Lipinski definition) is 6. The van der Waals surface area contributed by atoms with Crippen LogP contribution in [-0.4, -0.2) is 34.6 Å². The molecule has 1 aromatic heterocycles. The number of amides is 1. The Morgan fingerprint density at radius 3 is 2.68 bits per heavy atom. The molecule has 0 fully saturated rings. The van der Waals surface area contributed by atoms with E-state index >= 15 is 0 Å². The van der Waals surface area contributed by atoms with Crippen molar-refractivity contribution in [3.8, 4) is 17.2 Å². The van der Waals surface area contributed by atoms with Crippen LogP contribution >= 0.6 is 23.8 Å². The SMILES string of the molecule is COc1cc2nccc(Oc3ccc(CC(=S)CCCCO)c(Cl)c3)c2cc1C(N)=O. The highest BCUT2D eigenvalue weighted by Crippen LogP contribution is 2.34. The summed E-state index contributed by atoms with van der Waals surface area (Å²) in [6.45, 7) is 0.173. The van der Waals surface area contributed by atoms with Gasteiger partial charge in [-0.05, 0) is 54.0 Å². The van der Waals surface area contributed by atoms with Crippen LogP contribution in [0.3, 0.4) is 0 Å². The Morgan fingerprint density at radius 2 is 2.00 bits per heavy atom. The van der Waals surface area contributed by atoms with Gasteiger partial charge in [-0.3, -0.25) is 9.78 Å². The van der Waals surface area contributed by atoms with Crippen LogP contribution in [0.5, 0.6) is 17.2 Å². The van der Waals surface area contributed by atoms with E-state index in [4.69, 9.17) is 44.1 Å². The van der Waals surface area contributed by atoms with Crippen LogP contribution in [0.4, 0.5) is 0 Å². The zero-order valence-electron chi connectivity index (χ0n) is 17.1. The number of carbonyl (C=O) groups excluding carboxylic acids is 1. The highest BCUT2D eigenvalue weighted by molar-refractivity contribution is 7.80. The molecule has 0 saturated carbocycles. The molecule has 0 saturated heterocycles. The second-order valence-electron chi connectivity index (χ2n) is 6.99. The molecule has 3 rings (SSSR count). The number of carbonyl (C=O) groups is 1. The Labute approximate surface area is 190 Å². The van der Waals surface area contributed by atoms with Gasteiger partial charge < -0.3 is 20.3 Å². The number of nitrogens with two attached hydrogens (primary N) is 1. The molecule has 3 N–H and O–H groups in total. The van der Waals surface area contributed by atoms with Crippen molar-refractivity contribution in [1.29, 1.82) is 0 Å². The molecule has 1 amide bonds. The lowest BCUT2D eigenvalue weighted by Gasteiger charge is -2.13. The summed E-state index contributed by atoms with van der Waals surface area (Å²) in [7, 11) is 1.47. The van der Waals surface area contributed by atoms with Gasteiger partial charge in [0.15, 0.2) is 0 Å². The standard InChI is InChI=1S/C23H23ClN2O4S/c1-29-22-13-20-17(12-18(22)23(25)28)21(7-8-26-20)30-15-6-5-14(19(24)11-15)10-16(31)4-2-3-9-27/h5-8,11-13,27H,2-4,9-10H2,1H3,(H2,25,28). The van der Waals surface area contributed by atoms with Gasteiger partial charge in [0.05, 0.1) is 18.2 Å². The molecule has 31 heavy (non-hydrogen) atoms. The van der Waals surface area contributed by atoms with E-state index < -0.39 is 5.91 Å². The molecule has 0 aliphatic heterocycles. The number of hydrogen-bond donors (Lipinski definition) is 2. The first-order valence-electron chi connectivity index (χ1n) is 9.78. The fraction of sp³-hybridized carbons (Fsp3) is 0.261. The second kappa shape index (κ2) is 10.5. The third-order valence-corrected chi connectivity index (χ3v) is 5.49. The highest BCUT2D eigenvalue weighted by Gasteiger charge is 2.15. The molecule has 8 heteroatoms. The van der Waals surface area contributed by atoms with Gasteiger partial charge in [0, 0.05) is 35.7 Å². The van der Waals surface area contributed by atoms with Crippen LogP contribution in [0.1, 0.15) is 35.2 Å². The number of ether oxygens (including phenoxy) is 2. The first-order chi connectivity index (χ1) is 14.9. The molecule has 0 spiro atoms. The van der Waals surface area contributed by atoms with E-state index in [9.17, 15) is 4.79 Å². The van der Waals surface area contributed by atoms with E-state index in [0.717, 1.165) is 29.7 Å². The number of halogens is 1. The maximum absolute atomic E-state index is 11.8. The number of fused-ring (bicyclic) bond motifs is 1. The topological polar surface area (TPSA) is 94.7 Å². The Morgan fingerprint density at radius 1 is 1.19 bits per heavy atom. The molecular weight excluding hydrogens is 436 g/mol. The number of unbranched alkanes of at least 4 members (excludes halogenated alkanes) is 1. The van der Waals surface area contributed by atoms with Gasteiger partial charge >= 0.3 is 0 Å². The number of methoxy groups -OCH3 is 1. The summed E-state index contributed by atoms with van der Waals surface area (Å²) in [6, 6.07) is 10.4. The zero-order valence-corrected chi connectivity index (χ0v) is 18.6. The number of benzene rings is 2. The molecule has 0 aliphatic rings. The maximum Gasteiger partial charge on any atom is 0.252 e. The summed E-state index contributed by atoms with van der Waals surface area (Å²) in [4.78, 5) is 17.0. The number of aromatic nitrogens is 1. The lowest BCUT2D eigenvalue weighted by molar-refractivity contribution is 0.0997. The number of nitrogens with zero attached hydrogens (tertiary/aromatic N) is 1. The van der Waals surface area contributed by atoms with Crippen molar-refractivity contribution in [3.05, 3.63) is 58.7 Å². The quantitative estimate of drug-likeness (QED) is 0.332. The summed E-state index contributed by atoms with van der Waals surface area (Å²) >= 11 is 11.9. The lowest BCUT2D eigenvalue weighted by Crippen LogP contribution is -2.12. The number of pyridine rings is 1. The van der Waals surface area contributed by atoms with Crippen LogP contribution in [-0.2, 0) is 6.42 Å². The van der Waals surface area contributed by atoms with E-state index in [2.05, 4.69) is 4.98 Å². The molecule has 2 aromatic carbocycles. The summed E-state index contributed by atoms with van der Waals surface area (Å²) in [6.07, 6.45) is 4.59. The van der Waals surface area contributed by atoms with Gasteiger partial charge in [-0.1, -0.05) is 29.9 Å². The van der Waals surface area contributed by atoms with E-state index in [-0.39, 0.29) is 12.2 Å². The van der Waals surface area contributed by atoms with Crippen LogP contribution in [0.25, 0.3) is 10.9 Å². The van der Waals surface area contributed by atoms with Crippen molar-refractivity contribution in [2.75, 3.05) is 13.7 Å². The molecule has 0 bridgehead atoms. The van der Waals surface area contributed by atoms with Crippen molar-refractivity contribution < 1.29 is 19.4 Å². The van der Waals surface area contributed by atoms with Crippen molar-refractivity contribution in [2.24, 2.45) is 5.73 Å². The maximum atomic E-state index is 11.8. The highest BCUT2D eigenvalue weighted by atomic mass is 35.5. The minimum atomic E-state index is -0.601. The molecule has 0 aliphatic carbocycles. The smallest absolute Gasteiger partial charge is 0.252 e. The van der Waals surface area contributed by atoms with Crippen LogP contribution in [0.2, 0.25) is 5.02 Å². The molecule has 162 valence electrons. The molecule has 0 unspecified atom stereocenters. The third-order valence-electron chi connectivity index (χ3n) is 4.79. The Kier molecular flexibility index (Phi) is 7.79. The van der Waals surface area contributed by atoms with E-state index in [1.807, 2.05) is 12.1 Å². The predicted octanol–water partition coefficient (Wildman–Crippen LogP) is 4.86. The number of thiocarbonyl (C=S) groups is 1.